The lowest BCUT2D eigenvalue weighted by molar-refractivity contribution is 0.0658. The number of rotatable bonds is 8. The van der Waals surface area contributed by atoms with Crippen molar-refractivity contribution in [1.82, 2.24) is 10.2 Å². The van der Waals surface area contributed by atoms with Crippen LogP contribution in [-0.2, 0) is 0 Å². The van der Waals surface area contributed by atoms with E-state index in [1.807, 2.05) is 0 Å². The Hall–Kier alpha value is -0.120. The third-order valence-electron chi connectivity index (χ3n) is 5.52. The standard InChI is InChI=1S/C17H32N2O/c1-14-3-2-8-17(11-14,12-18-15-4-5-15)13-19(9-10-20)16-6-7-16/h14-16,18,20H,2-13H2,1H3. The molecule has 2 N–H and O–H groups in total. The summed E-state index contributed by atoms with van der Waals surface area (Å²) < 4.78 is 0. The van der Waals surface area contributed by atoms with Crippen LogP contribution in [0.2, 0.25) is 0 Å². The summed E-state index contributed by atoms with van der Waals surface area (Å²) in [6, 6.07) is 1.59. The normalized spacial score (nSPS) is 34.6. The Morgan fingerprint density at radius 1 is 1.20 bits per heavy atom. The van der Waals surface area contributed by atoms with Crippen molar-refractivity contribution in [3.63, 3.8) is 0 Å². The van der Waals surface area contributed by atoms with E-state index in [9.17, 15) is 5.11 Å². The summed E-state index contributed by atoms with van der Waals surface area (Å²) in [5.41, 5.74) is 0.470. The summed E-state index contributed by atoms with van der Waals surface area (Å²) in [6.45, 7) is 6.04. The minimum atomic E-state index is 0.318. The topological polar surface area (TPSA) is 35.5 Å². The van der Waals surface area contributed by atoms with Crippen molar-refractivity contribution in [3.05, 3.63) is 0 Å². The molecular weight excluding hydrogens is 248 g/mol. The van der Waals surface area contributed by atoms with Crippen molar-refractivity contribution in [1.29, 1.82) is 0 Å². The Morgan fingerprint density at radius 2 is 2.00 bits per heavy atom. The zero-order valence-electron chi connectivity index (χ0n) is 13.1. The van der Waals surface area contributed by atoms with Crippen molar-refractivity contribution < 1.29 is 5.11 Å². The molecule has 116 valence electrons. The maximum atomic E-state index is 9.35. The first-order valence-electron chi connectivity index (χ1n) is 8.79. The molecule has 0 radical (unpaired) electrons. The predicted molar refractivity (Wildman–Crippen MR) is 82.8 cm³/mol. The first kappa shape index (κ1) is 14.8. The molecule has 0 aromatic rings. The van der Waals surface area contributed by atoms with Crippen LogP contribution in [0.1, 0.15) is 58.3 Å². The van der Waals surface area contributed by atoms with Gasteiger partial charge < -0.3 is 10.4 Å². The molecule has 0 saturated heterocycles. The highest BCUT2D eigenvalue weighted by Crippen LogP contribution is 2.42. The Morgan fingerprint density at radius 3 is 2.60 bits per heavy atom. The van der Waals surface area contributed by atoms with E-state index in [1.165, 1.54) is 64.5 Å². The summed E-state index contributed by atoms with van der Waals surface area (Å²) in [6.07, 6.45) is 11.0. The number of nitrogens with zero attached hydrogens (tertiary/aromatic N) is 1. The summed E-state index contributed by atoms with van der Waals surface area (Å²) in [5, 5.41) is 13.2. The molecule has 0 aromatic heterocycles. The van der Waals surface area contributed by atoms with Gasteiger partial charge in [0.2, 0.25) is 0 Å². The monoisotopic (exact) mass is 280 g/mol. The number of hydrogen-bond acceptors (Lipinski definition) is 3. The minimum absolute atomic E-state index is 0.318. The Kier molecular flexibility index (Phi) is 4.68. The summed E-state index contributed by atoms with van der Waals surface area (Å²) in [4.78, 5) is 2.59. The van der Waals surface area contributed by atoms with E-state index >= 15 is 0 Å². The van der Waals surface area contributed by atoms with Gasteiger partial charge >= 0.3 is 0 Å². The third-order valence-corrected chi connectivity index (χ3v) is 5.52. The maximum Gasteiger partial charge on any atom is 0.0558 e. The molecule has 3 aliphatic carbocycles. The predicted octanol–water partition coefficient (Wildman–Crippen LogP) is 2.39. The van der Waals surface area contributed by atoms with Crippen LogP contribution in [0.4, 0.5) is 0 Å². The fraction of sp³-hybridized carbons (Fsp3) is 1.00. The fourth-order valence-corrected chi connectivity index (χ4v) is 4.17. The molecule has 0 aromatic carbocycles. The van der Waals surface area contributed by atoms with Crippen LogP contribution >= 0.6 is 0 Å². The van der Waals surface area contributed by atoms with Crippen molar-refractivity contribution in [2.45, 2.75) is 70.4 Å². The van der Waals surface area contributed by atoms with Gasteiger partial charge in [0.1, 0.15) is 0 Å². The van der Waals surface area contributed by atoms with Gasteiger partial charge in [0, 0.05) is 31.7 Å². The molecule has 2 unspecified atom stereocenters. The molecule has 3 heteroatoms. The maximum absolute atomic E-state index is 9.35. The lowest BCUT2D eigenvalue weighted by atomic mass is 9.69. The van der Waals surface area contributed by atoms with Crippen LogP contribution < -0.4 is 5.32 Å². The highest BCUT2D eigenvalue weighted by molar-refractivity contribution is 4.95. The molecule has 2 atom stereocenters. The van der Waals surface area contributed by atoms with Crippen LogP contribution in [0.25, 0.3) is 0 Å². The van der Waals surface area contributed by atoms with E-state index < -0.39 is 0 Å². The first-order chi connectivity index (χ1) is 9.71. The van der Waals surface area contributed by atoms with Gasteiger partial charge in [-0.05, 0) is 49.9 Å². The van der Waals surface area contributed by atoms with Gasteiger partial charge in [-0.15, -0.1) is 0 Å². The Balaban J connectivity index is 1.62. The highest BCUT2D eigenvalue weighted by atomic mass is 16.3. The molecule has 3 fully saturated rings. The molecule has 3 nitrogen and oxygen atoms in total. The van der Waals surface area contributed by atoms with E-state index in [-0.39, 0.29) is 0 Å². The van der Waals surface area contributed by atoms with Crippen LogP contribution in [0.15, 0.2) is 0 Å². The summed E-state index contributed by atoms with van der Waals surface area (Å²) in [7, 11) is 0. The molecule has 0 aliphatic heterocycles. The van der Waals surface area contributed by atoms with Crippen molar-refractivity contribution in [3.8, 4) is 0 Å². The fourth-order valence-electron chi connectivity index (χ4n) is 4.17. The van der Waals surface area contributed by atoms with Gasteiger partial charge in [0.25, 0.3) is 0 Å². The van der Waals surface area contributed by atoms with Gasteiger partial charge in [-0.2, -0.15) is 0 Å². The summed E-state index contributed by atoms with van der Waals surface area (Å²) in [5.74, 6) is 0.875. The van der Waals surface area contributed by atoms with Gasteiger partial charge in [-0.3, -0.25) is 4.90 Å². The lowest BCUT2D eigenvalue weighted by Gasteiger charge is -2.44. The molecule has 0 spiro atoms. The first-order valence-corrected chi connectivity index (χ1v) is 8.79. The van der Waals surface area contributed by atoms with Gasteiger partial charge in [0.05, 0.1) is 6.61 Å². The van der Waals surface area contributed by atoms with Crippen molar-refractivity contribution >= 4 is 0 Å². The van der Waals surface area contributed by atoms with E-state index in [0.717, 1.165) is 24.5 Å². The van der Waals surface area contributed by atoms with Crippen molar-refractivity contribution in [2.75, 3.05) is 26.2 Å². The summed E-state index contributed by atoms with van der Waals surface area (Å²) >= 11 is 0. The zero-order chi connectivity index (χ0) is 14.0. The van der Waals surface area contributed by atoms with Gasteiger partial charge in [0.15, 0.2) is 0 Å². The Bertz CT molecular complexity index is 314. The molecule has 3 aliphatic rings. The number of nitrogens with one attached hydrogen (secondary N) is 1. The smallest absolute Gasteiger partial charge is 0.0558 e. The number of hydrogen-bond donors (Lipinski definition) is 2. The van der Waals surface area contributed by atoms with Crippen LogP contribution in [0, 0.1) is 11.3 Å². The second kappa shape index (κ2) is 6.33. The molecule has 0 amide bonds. The van der Waals surface area contributed by atoms with E-state index in [2.05, 4.69) is 17.1 Å². The lowest BCUT2D eigenvalue weighted by Crippen LogP contribution is -2.48. The molecule has 0 heterocycles. The molecule has 20 heavy (non-hydrogen) atoms. The molecule has 3 saturated carbocycles. The molecular formula is C17H32N2O. The van der Waals surface area contributed by atoms with Gasteiger partial charge in [-0.1, -0.05) is 19.8 Å². The second-order valence-electron chi connectivity index (χ2n) is 7.78. The number of aliphatic hydroxyl groups excluding tert-OH is 1. The molecule has 3 rings (SSSR count). The van der Waals surface area contributed by atoms with Crippen molar-refractivity contribution in [2.24, 2.45) is 11.3 Å². The van der Waals surface area contributed by atoms with E-state index in [1.54, 1.807) is 0 Å². The quantitative estimate of drug-likeness (QED) is 0.716. The SMILES string of the molecule is CC1CCCC(CNC2CC2)(CN(CCO)C2CC2)C1. The van der Waals surface area contributed by atoms with Gasteiger partial charge in [-0.25, -0.2) is 0 Å². The number of aliphatic hydroxyl groups is 1. The van der Waals surface area contributed by atoms with Crippen LogP contribution in [-0.4, -0.2) is 48.3 Å². The third kappa shape index (κ3) is 3.96. The van der Waals surface area contributed by atoms with E-state index in [4.69, 9.17) is 0 Å². The van der Waals surface area contributed by atoms with Crippen LogP contribution in [0.5, 0.6) is 0 Å². The highest BCUT2D eigenvalue weighted by Gasteiger charge is 2.40. The molecule has 0 bridgehead atoms. The van der Waals surface area contributed by atoms with Crippen LogP contribution in [0.3, 0.4) is 0 Å². The average Bonchev–Trinajstić information content (AvgIpc) is 3.29. The zero-order valence-corrected chi connectivity index (χ0v) is 13.1. The minimum Gasteiger partial charge on any atom is -0.395 e. The average molecular weight is 280 g/mol. The Labute approximate surface area is 124 Å². The largest absolute Gasteiger partial charge is 0.395 e. The van der Waals surface area contributed by atoms with E-state index in [0.29, 0.717) is 12.0 Å². The second-order valence-corrected chi connectivity index (χ2v) is 7.78.